The highest BCUT2D eigenvalue weighted by Gasteiger charge is 2.25. The molecule has 0 saturated carbocycles. The number of benzene rings is 1. The molecule has 0 bridgehead atoms. The van der Waals surface area contributed by atoms with E-state index in [1.54, 1.807) is 37.4 Å². The fourth-order valence-electron chi connectivity index (χ4n) is 4.07. The van der Waals surface area contributed by atoms with Crippen LogP contribution in [-0.4, -0.2) is 78.1 Å². The first-order valence-corrected chi connectivity index (χ1v) is 15.6. The van der Waals surface area contributed by atoms with Crippen LogP contribution in [-0.2, 0) is 14.6 Å². The van der Waals surface area contributed by atoms with Gasteiger partial charge in [0, 0.05) is 43.6 Å². The van der Waals surface area contributed by atoms with Crippen LogP contribution in [0.4, 0.5) is 28.8 Å². The first kappa shape index (κ1) is 29.2. The van der Waals surface area contributed by atoms with Crippen LogP contribution in [0.1, 0.15) is 27.7 Å². The fraction of sp³-hybridized carbons (Fsp3) is 0.423. The molecule has 39 heavy (non-hydrogen) atoms. The summed E-state index contributed by atoms with van der Waals surface area (Å²) < 4.78 is 25.6. The zero-order valence-electron chi connectivity index (χ0n) is 22.4. The minimum absolute atomic E-state index is 0.0438. The molecule has 0 spiro atoms. The van der Waals surface area contributed by atoms with Crippen LogP contribution in [0.2, 0.25) is 5.02 Å². The molecule has 1 fully saturated rings. The molecular formula is C26H34ClN7O3S2. The Labute approximate surface area is 238 Å². The van der Waals surface area contributed by atoms with Crippen molar-refractivity contribution >= 4 is 67.5 Å². The highest BCUT2D eigenvalue weighted by molar-refractivity contribution is 7.94. The largest absolute Gasteiger partial charge is 0.337 e. The Bertz CT molecular complexity index is 1390. The molecule has 3 heterocycles. The molecular weight excluding hydrogens is 558 g/mol. The number of amides is 1. The number of halogens is 1. The first-order chi connectivity index (χ1) is 18.5. The van der Waals surface area contributed by atoms with E-state index in [4.69, 9.17) is 11.6 Å². The molecule has 13 heteroatoms. The summed E-state index contributed by atoms with van der Waals surface area (Å²) in [7, 11) is -3.46. The Hall–Kier alpha value is -2.77. The van der Waals surface area contributed by atoms with Gasteiger partial charge in [-0.25, -0.2) is 13.4 Å². The molecule has 0 aliphatic carbocycles. The summed E-state index contributed by atoms with van der Waals surface area (Å²) in [4.78, 5) is 25.8. The Kier molecular flexibility index (Phi) is 9.44. The summed E-state index contributed by atoms with van der Waals surface area (Å²) >= 11 is 7.44. The van der Waals surface area contributed by atoms with Crippen molar-refractivity contribution in [2.45, 2.75) is 43.2 Å². The monoisotopic (exact) mass is 591 g/mol. The quantitative estimate of drug-likeness (QED) is 0.305. The van der Waals surface area contributed by atoms with E-state index < -0.39 is 15.1 Å². The number of nitrogens with zero attached hydrogens (tertiary/aromatic N) is 4. The predicted octanol–water partition coefficient (Wildman–Crippen LogP) is 4.83. The molecule has 1 saturated heterocycles. The number of anilines is 5. The summed E-state index contributed by atoms with van der Waals surface area (Å²) in [5.74, 6) is 0.520. The van der Waals surface area contributed by atoms with Crippen molar-refractivity contribution < 1.29 is 13.2 Å². The van der Waals surface area contributed by atoms with E-state index in [-0.39, 0.29) is 26.9 Å². The molecule has 1 aromatic carbocycles. The number of piperazine rings is 1. The van der Waals surface area contributed by atoms with Crippen molar-refractivity contribution in [1.82, 2.24) is 19.8 Å². The average Bonchev–Trinajstić information content (AvgIpc) is 3.36. The van der Waals surface area contributed by atoms with Crippen molar-refractivity contribution in [2.75, 3.05) is 48.7 Å². The van der Waals surface area contributed by atoms with Crippen LogP contribution >= 0.6 is 22.9 Å². The van der Waals surface area contributed by atoms with Gasteiger partial charge in [0.1, 0.15) is 9.23 Å². The van der Waals surface area contributed by atoms with Gasteiger partial charge in [-0.3, -0.25) is 14.6 Å². The van der Waals surface area contributed by atoms with Crippen LogP contribution in [0, 0.1) is 0 Å². The molecule has 1 aliphatic heterocycles. The average molecular weight is 592 g/mol. The van der Waals surface area contributed by atoms with Gasteiger partial charge in [0.25, 0.3) is 0 Å². The highest BCUT2D eigenvalue weighted by Crippen LogP contribution is 2.34. The van der Waals surface area contributed by atoms with E-state index in [1.165, 1.54) is 6.20 Å². The van der Waals surface area contributed by atoms with Gasteiger partial charge in [0.05, 0.1) is 23.7 Å². The van der Waals surface area contributed by atoms with Crippen LogP contribution in [0.3, 0.4) is 0 Å². The summed E-state index contributed by atoms with van der Waals surface area (Å²) in [6.07, 6.45) is 1.44. The maximum Gasteiger partial charge on any atom is 0.238 e. The van der Waals surface area contributed by atoms with E-state index in [1.807, 2.05) is 12.1 Å². The Morgan fingerprint density at radius 2 is 1.69 bits per heavy atom. The number of rotatable bonds is 10. The van der Waals surface area contributed by atoms with E-state index >= 15 is 0 Å². The van der Waals surface area contributed by atoms with Gasteiger partial charge in [-0.2, -0.15) is 4.98 Å². The standard InChI is InChI=1S/C26H34ClN7O3S2/c1-17(2)34-12-10-33(11-13-34)16-23(35)29-19-5-7-20(8-6-19)30-26-28-15-21(27)24(32-26)31-22-9-14-38-25(22)39(36,37)18(3)4/h5-9,14-15,17-18H,10-13,16H2,1-4H3,(H,29,35)(H2,28,30,31,32). The second-order valence-electron chi connectivity index (χ2n) is 9.89. The van der Waals surface area contributed by atoms with Crippen molar-refractivity contribution in [3.05, 3.63) is 46.9 Å². The van der Waals surface area contributed by atoms with E-state index in [2.05, 4.69) is 49.6 Å². The van der Waals surface area contributed by atoms with E-state index in [0.29, 0.717) is 29.6 Å². The van der Waals surface area contributed by atoms with Crippen LogP contribution in [0.5, 0.6) is 0 Å². The third-order valence-electron chi connectivity index (χ3n) is 6.44. The minimum Gasteiger partial charge on any atom is -0.337 e. The van der Waals surface area contributed by atoms with Gasteiger partial charge < -0.3 is 16.0 Å². The summed E-state index contributed by atoms with van der Waals surface area (Å²) in [6, 6.07) is 9.45. The number of hydrogen-bond acceptors (Lipinski definition) is 10. The third-order valence-corrected chi connectivity index (χ3v) is 10.4. The zero-order valence-corrected chi connectivity index (χ0v) is 24.8. The van der Waals surface area contributed by atoms with E-state index in [9.17, 15) is 13.2 Å². The predicted molar refractivity (Wildman–Crippen MR) is 158 cm³/mol. The number of carbonyl (C=O) groups is 1. The van der Waals surface area contributed by atoms with Crippen molar-refractivity contribution in [3.8, 4) is 0 Å². The summed E-state index contributed by atoms with van der Waals surface area (Å²) in [5, 5.41) is 10.5. The Morgan fingerprint density at radius 1 is 1.03 bits per heavy atom. The number of thiophene rings is 1. The zero-order chi connectivity index (χ0) is 28.2. The van der Waals surface area contributed by atoms with Gasteiger partial charge in [-0.05, 0) is 63.4 Å². The molecule has 1 aliphatic rings. The topological polar surface area (TPSA) is 120 Å². The molecule has 3 aromatic rings. The maximum atomic E-state index is 12.7. The highest BCUT2D eigenvalue weighted by atomic mass is 35.5. The van der Waals surface area contributed by atoms with Crippen molar-refractivity contribution in [1.29, 1.82) is 0 Å². The minimum atomic E-state index is -3.46. The number of hydrogen-bond donors (Lipinski definition) is 3. The normalized spacial score (nSPS) is 15.1. The number of aromatic nitrogens is 2. The van der Waals surface area contributed by atoms with Crippen LogP contribution in [0.25, 0.3) is 0 Å². The van der Waals surface area contributed by atoms with Crippen molar-refractivity contribution in [2.24, 2.45) is 0 Å². The summed E-state index contributed by atoms with van der Waals surface area (Å²) in [6.45, 7) is 11.7. The lowest BCUT2D eigenvalue weighted by Crippen LogP contribution is -2.50. The fourth-order valence-corrected chi connectivity index (χ4v) is 6.92. The molecule has 3 N–H and O–H groups in total. The van der Waals surface area contributed by atoms with Gasteiger partial charge in [0.2, 0.25) is 11.9 Å². The van der Waals surface area contributed by atoms with Crippen LogP contribution in [0.15, 0.2) is 46.1 Å². The third kappa shape index (κ3) is 7.46. The number of nitrogens with one attached hydrogen (secondary N) is 3. The van der Waals surface area contributed by atoms with Crippen molar-refractivity contribution in [3.63, 3.8) is 0 Å². The molecule has 0 unspecified atom stereocenters. The smallest absolute Gasteiger partial charge is 0.238 e. The van der Waals surface area contributed by atoms with E-state index in [0.717, 1.165) is 37.5 Å². The molecule has 0 atom stereocenters. The van der Waals surface area contributed by atoms with Crippen LogP contribution < -0.4 is 16.0 Å². The molecule has 210 valence electrons. The molecule has 2 aromatic heterocycles. The number of carbonyl (C=O) groups excluding carboxylic acids is 1. The lowest BCUT2D eigenvalue weighted by atomic mass is 10.2. The number of sulfone groups is 1. The Balaban J connectivity index is 1.35. The van der Waals surface area contributed by atoms with Gasteiger partial charge in [-0.1, -0.05) is 11.6 Å². The lowest BCUT2D eigenvalue weighted by molar-refractivity contribution is -0.117. The molecule has 0 radical (unpaired) electrons. The van der Waals surface area contributed by atoms with Gasteiger partial charge in [-0.15, -0.1) is 11.3 Å². The molecule has 10 nitrogen and oxygen atoms in total. The Morgan fingerprint density at radius 3 is 2.33 bits per heavy atom. The SMILES string of the molecule is CC(C)N1CCN(CC(=O)Nc2ccc(Nc3ncc(Cl)c(Nc4ccsc4S(=O)(=O)C(C)C)n3)cc2)CC1. The second kappa shape index (κ2) is 12.6. The lowest BCUT2D eigenvalue weighted by Gasteiger charge is -2.36. The summed E-state index contributed by atoms with van der Waals surface area (Å²) in [5.41, 5.74) is 1.83. The second-order valence-corrected chi connectivity index (χ2v) is 13.9. The maximum absolute atomic E-state index is 12.7. The first-order valence-electron chi connectivity index (χ1n) is 12.8. The van der Waals surface area contributed by atoms with Gasteiger partial charge in [0.15, 0.2) is 15.7 Å². The molecule has 4 rings (SSSR count). The van der Waals surface area contributed by atoms with Gasteiger partial charge >= 0.3 is 0 Å². The molecule has 1 amide bonds.